The van der Waals surface area contributed by atoms with Crippen LogP contribution in [0.3, 0.4) is 0 Å². The topological polar surface area (TPSA) is 55.6 Å². The maximum absolute atomic E-state index is 12.7. The molecule has 5 heteroatoms. The Labute approximate surface area is 130 Å². The van der Waals surface area contributed by atoms with E-state index < -0.39 is 0 Å². The van der Waals surface area contributed by atoms with Gasteiger partial charge in [-0.15, -0.1) is 0 Å². The van der Waals surface area contributed by atoms with E-state index in [1.807, 2.05) is 29.2 Å². The molecule has 0 saturated carbocycles. The normalized spacial score (nSPS) is 24.9. The Hall–Kier alpha value is -1.62. The van der Waals surface area contributed by atoms with Crippen LogP contribution in [0.25, 0.3) is 0 Å². The minimum Gasteiger partial charge on any atom is -0.492 e. The molecule has 0 bridgehead atoms. The Kier molecular flexibility index (Phi) is 4.10. The molecular formula is C16H20N2O2S. The maximum atomic E-state index is 12.7. The fraction of sp³-hybridized carbons (Fsp3) is 0.500. The van der Waals surface area contributed by atoms with Crippen LogP contribution in [0, 0.1) is 11.8 Å². The SMILES string of the molecule is NC(=S)C1CCCN(C(=O)C2COc3ccccc3C2)C1. The summed E-state index contributed by atoms with van der Waals surface area (Å²) in [7, 11) is 0. The Bertz CT molecular complexity index is 561. The summed E-state index contributed by atoms with van der Waals surface area (Å²) in [6.45, 7) is 1.92. The van der Waals surface area contributed by atoms with Gasteiger partial charge in [0.1, 0.15) is 12.4 Å². The average Bonchev–Trinajstić information content (AvgIpc) is 2.53. The van der Waals surface area contributed by atoms with Crippen molar-refractivity contribution >= 4 is 23.1 Å². The van der Waals surface area contributed by atoms with Gasteiger partial charge >= 0.3 is 0 Å². The van der Waals surface area contributed by atoms with Crippen molar-refractivity contribution in [1.82, 2.24) is 4.90 Å². The second-order valence-electron chi connectivity index (χ2n) is 5.85. The number of nitrogens with zero attached hydrogens (tertiary/aromatic N) is 1. The fourth-order valence-electron chi connectivity index (χ4n) is 3.15. The lowest BCUT2D eigenvalue weighted by Gasteiger charge is -2.35. The monoisotopic (exact) mass is 304 g/mol. The molecule has 2 unspecified atom stereocenters. The highest BCUT2D eigenvalue weighted by molar-refractivity contribution is 7.80. The van der Waals surface area contributed by atoms with Crippen molar-refractivity contribution in [3.05, 3.63) is 29.8 Å². The Morgan fingerprint density at radius 2 is 2.14 bits per heavy atom. The first-order valence-electron chi connectivity index (χ1n) is 7.44. The molecule has 0 radical (unpaired) electrons. The van der Waals surface area contributed by atoms with Gasteiger partial charge in [0.25, 0.3) is 0 Å². The van der Waals surface area contributed by atoms with Crippen molar-refractivity contribution in [2.45, 2.75) is 19.3 Å². The zero-order chi connectivity index (χ0) is 14.8. The van der Waals surface area contributed by atoms with Gasteiger partial charge in [0.2, 0.25) is 5.91 Å². The van der Waals surface area contributed by atoms with Crippen molar-refractivity contribution in [2.24, 2.45) is 17.6 Å². The van der Waals surface area contributed by atoms with E-state index in [-0.39, 0.29) is 17.7 Å². The lowest BCUT2D eigenvalue weighted by atomic mass is 9.92. The first-order chi connectivity index (χ1) is 10.1. The molecule has 2 N–H and O–H groups in total. The van der Waals surface area contributed by atoms with Gasteiger partial charge in [-0.05, 0) is 30.9 Å². The van der Waals surface area contributed by atoms with Crippen LogP contribution < -0.4 is 10.5 Å². The van der Waals surface area contributed by atoms with Crippen LogP contribution in [0.5, 0.6) is 5.75 Å². The third kappa shape index (κ3) is 3.02. The summed E-state index contributed by atoms with van der Waals surface area (Å²) in [4.78, 5) is 15.1. The predicted molar refractivity (Wildman–Crippen MR) is 85.2 cm³/mol. The molecule has 1 saturated heterocycles. The third-order valence-corrected chi connectivity index (χ3v) is 4.70. The Morgan fingerprint density at radius 3 is 2.95 bits per heavy atom. The molecule has 4 nitrogen and oxygen atoms in total. The van der Waals surface area contributed by atoms with Crippen LogP contribution in [0.2, 0.25) is 0 Å². The molecular weight excluding hydrogens is 284 g/mol. The third-order valence-electron chi connectivity index (χ3n) is 4.36. The average molecular weight is 304 g/mol. The van der Waals surface area contributed by atoms with Crippen LogP contribution in [-0.4, -0.2) is 35.5 Å². The molecule has 1 aromatic carbocycles. The Balaban J connectivity index is 1.67. The van der Waals surface area contributed by atoms with Crippen LogP contribution in [0.4, 0.5) is 0 Å². The molecule has 0 aliphatic carbocycles. The van der Waals surface area contributed by atoms with E-state index in [0.717, 1.165) is 37.1 Å². The van der Waals surface area contributed by atoms with E-state index >= 15 is 0 Å². The second kappa shape index (κ2) is 6.02. The number of amides is 1. The summed E-state index contributed by atoms with van der Waals surface area (Å²) in [6.07, 6.45) is 2.71. The highest BCUT2D eigenvalue weighted by Crippen LogP contribution is 2.28. The number of piperidine rings is 1. The predicted octanol–water partition coefficient (Wildman–Crippen LogP) is 1.76. The van der Waals surface area contributed by atoms with Gasteiger partial charge in [-0.1, -0.05) is 30.4 Å². The minimum atomic E-state index is -0.0926. The number of hydrogen-bond acceptors (Lipinski definition) is 3. The molecule has 1 amide bonds. The molecule has 2 aliphatic heterocycles. The summed E-state index contributed by atoms with van der Waals surface area (Å²) in [6, 6.07) is 7.93. The zero-order valence-corrected chi connectivity index (χ0v) is 12.8. The molecule has 0 spiro atoms. The van der Waals surface area contributed by atoms with Crippen LogP contribution in [0.15, 0.2) is 24.3 Å². The smallest absolute Gasteiger partial charge is 0.229 e. The number of para-hydroxylation sites is 1. The van der Waals surface area contributed by atoms with Gasteiger partial charge < -0.3 is 15.4 Å². The summed E-state index contributed by atoms with van der Waals surface area (Å²) < 4.78 is 5.72. The molecule has 3 rings (SSSR count). The minimum absolute atomic E-state index is 0.0926. The first-order valence-corrected chi connectivity index (χ1v) is 7.85. The van der Waals surface area contributed by atoms with Gasteiger partial charge in [0.05, 0.1) is 10.9 Å². The number of hydrogen-bond donors (Lipinski definition) is 1. The number of carbonyl (C=O) groups is 1. The molecule has 2 aliphatic rings. The van der Waals surface area contributed by atoms with Gasteiger partial charge in [0.15, 0.2) is 0 Å². The summed E-state index contributed by atoms with van der Waals surface area (Å²) in [5.41, 5.74) is 6.86. The number of likely N-dealkylation sites (tertiary alicyclic amines) is 1. The van der Waals surface area contributed by atoms with E-state index in [4.69, 9.17) is 22.7 Å². The van der Waals surface area contributed by atoms with Crippen LogP contribution >= 0.6 is 12.2 Å². The lowest BCUT2D eigenvalue weighted by Crippen LogP contribution is -2.47. The quantitative estimate of drug-likeness (QED) is 0.846. The van der Waals surface area contributed by atoms with Gasteiger partial charge in [0, 0.05) is 19.0 Å². The van der Waals surface area contributed by atoms with Crippen LogP contribution in [-0.2, 0) is 11.2 Å². The maximum Gasteiger partial charge on any atom is 0.229 e. The molecule has 21 heavy (non-hydrogen) atoms. The van der Waals surface area contributed by atoms with E-state index in [9.17, 15) is 4.79 Å². The molecule has 0 aromatic heterocycles. The second-order valence-corrected chi connectivity index (χ2v) is 6.32. The Morgan fingerprint density at radius 1 is 1.33 bits per heavy atom. The summed E-state index contributed by atoms with van der Waals surface area (Å²) in [5, 5.41) is 0. The van der Waals surface area contributed by atoms with E-state index in [2.05, 4.69) is 0 Å². The zero-order valence-electron chi connectivity index (χ0n) is 12.0. The fourth-order valence-corrected chi connectivity index (χ4v) is 3.35. The molecule has 2 atom stereocenters. The lowest BCUT2D eigenvalue weighted by molar-refractivity contribution is -0.138. The molecule has 112 valence electrons. The van der Waals surface area contributed by atoms with Crippen LogP contribution in [0.1, 0.15) is 18.4 Å². The highest BCUT2D eigenvalue weighted by Gasteiger charge is 2.32. The van der Waals surface area contributed by atoms with Crippen molar-refractivity contribution in [3.8, 4) is 5.75 Å². The van der Waals surface area contributed by atoms with Gasteiger partial charge in [-0.3, -0.25) is 4.79 Å². The number of fused-ring (bicyclic) bond motifs is 1. The first kappa shape index (κ1) is 14.3. The van der Waals surface area contributed by atoms with E-state index in [0.29, 0.717) is 18.1 Å². The van der Waals surface area contributed by atoms with Crippen molar-refractivity contribution in [2.75, 3.05) is 19.7 Å². The standard InChI is InChI=1S/C16H20N2O2S/c17-15(21)12-5-3-7-18(9-12)16(19)13-8-11-4-1-2-6-14(11)20-10-13/h1-2,4,6,12-13H,3,5,7-10H2,(H2,17,21). The largest absolute Gasteiger partial charge is 0.492 e. The van der Waals surface area contributed by atoms with Crippen molar-refractivity contribution in [3.63, 3.8) is 0 Å². The number of rotatable bonds is 2. The van der Waals surface area contributed by atoms with Gasteiger partial charge in [-0.25, -0.2) is 0 Å². The highest BCUT2D eigenvalue weighted by atomic mass is 32.1. The number of carbonyl (C=O) groups excluding carboxylic acids is 1. The number of thiocarbonyl (C=S) groups is 1. The number of ether oxygens (including phenoxy) is 1. The van der Waals surface area contributed by atoms with E-state index in [1.165, 1.54) is 0 Å². The number of nitrogens with two attached hydrogens (primary N) is 1. The van der Waals surface area contributed by atoms with E-state index in [1.54, 1.807) is 0 Å². The van der Waals surface area contributed by atoms with Crippen molar-refractivity contribution < 1.29 is 9.53 Å². The molecule has 1 fully saturated rings. The van der Waals surface area contributed by atoms with Gasteiger partial charge in [-0.2, -0.15) is 0 Å². The molecule has 2 heterocycles. The molecule has 1 aromatic rings. The summed E-state index contributed by atoms with van der Waals surface area (Å²) in [5.74, 6) is 1.14. The van der Waals surface area contributed by atoms with Crippen molar-refractivity contribution in [1.29, 1.82) is 0 Å². The number of benzene rings is 1. The summed E-state index contributed by atoms with van der Waals surface area (Å²) >= 11 is 5.08.